The number of rotatable bonds is 7. The monoisotopic (exact) mass is 388 g/mol. The van der Waals surface area contributed by atoms with Gasteiger partial charge in [-0.25, -0.2) is 4.98 Å². The number of hydrogen-bond acceptors (Lipinski definition) is 6. The molecule has 8 heteroatoms. The Balaban J connectivity index is 2.15. The number of aliphatic hydroxyl groups excluding tert-OH is 1. The first kappa shape index (κ1) is 19.4. The molecule has 0 bridgehead atoms. The molecule has 144 valence electrons. The Labute approximate surface area is 164 Å². The summed E-state index contributed by atoms with van der Waals surface area (Å²) in [6.07, 6.45) is 1.78. The molecule has 27 heavy (non-hydrogen) atoms. The number of anilines is 3. The fourth-order valence-corrected chi connectivity index (χ4v) is 3.09. The minimum Gasteiger partial charge on any atom is -0.395 e. The maximum absolute atomic E-state index is 9.45. The molecule has 0 amide bonds. The summed E-state index contributed by atoms with van der Waals surface area (Å²) in [7, 11) is 0. The van der Waals surface area contributed by atoms with Crippen molar-refractivity contribution in [3.8, 4) is 0 Å². The van der Waals surface area contributed by atoms with Crippen molar-refractivity contribution in [2.75, 3.05) is 23.4 Å². The summed E-state index contributed by atoms with van der Waals surface area (Å²) < 4.78 is 2.01. The zero-order valence-electron chi connectivity index (χ0n) is 16.0. The van der Waals surface area contributed by atoms with Crippen LogP contribution in [0.5, 0.6) is 0 Å². The Morgan fingerprint density at radius 1 is 1.22 bits per heavy atom. The van der Waals surface area contributed by atoms with Crippen LogP contribution in [-0.2, 0) is 0 Å². The highest BCUT2D eigenvalue weighted by Gasteiger charge is 2.20. The highest BCUT2D eigenvalue weighted by Crippen LogP contribution is 2.28. The van der Waals surface area contributed by atoms with Crippen molar-refractivity contribution in [2.45, 2.75) is 39.8 Å². The minimum atomic E-state index is 0.0279. The van der Waals surface area contributed by atoms with Crippen molar-refractivity contribution in [2.24, 2.45) is 0 Å². The van der Waals surface area contributed by atoms with E-state index in [4.69, 9.17) is 21.6 Å². The maximum atomic E-state index is 9.45. The van der Waals surface area contributed by atoms with Crippen LogP contribution in [0.2, 0.25) is 5.02 Å². The highest BCUT2D eigenvalue weighted by molar-refractivity contribution is 6.30. The van der Waals surface area contributed by atoms with Crippen molar-refractivity contribution in [3.05, 3.63) is 35.6 Å². The summed E-state index contributed by atoms with van der Waals surface area (Å²) >= 11 is 6.11. The first-order valence-corrected chi connectivity index (χ1v) is 9.43. The second kappa shape index (κ2) is 8.10. The van der Waals surface area contributed by atoms with Gasteiger partial charge in [0.05, 0.1) is 12.9 Å². The van der Waals surface area contributed by atoms with Gasteiger partial charge in [-0.05, 0) is 45.9 Å². The summed E-state index contributed by atoms with van der Waals surface area (Å²) in [4.78, 5) is 16.0. The normalized spacial score (nSPS) is 11.6. The maximum Gasteiger partial charge on any atom is 0.229 e. The smallest absolute Gasteiger partial charge is 0.229 e. The fraction of sp³-hybridized carbons (Fsp3) is 0.421. The third-order valence-electron chi connectivity index (χ3n) is 4.27. The fourth-order valence-electron chi connectivity index (χ4n) is 2.90. The van der Waals surface area contributed by atoms with Gasteiger partial charge in [-0.15, -0.1) is 0 Å². The second-order valence-electron chi connectivity index (χ2n) is 6.94. The van der Waals surface area contributed by atoms with E-state index in [1.165, 1.54) is 0 Å². The van der Waals surface area contributed by atoms with Gasteiger partial charge < -0.3 is 19.9 Å². The molecule has 0 aliphatic carbocycles. The molecule has 1 aromatic carbocycles. The number of benzene rings is 1. The molecule has 0 saturated heterocycles. The van der Waals surface area contributed by atoms with E-state index in [1.807, 2.05) is 47.6 Å². The molecule has 2 N–H and O–H groups in total. The van der Waals surface area contributed by atoms with Gasteiger partial charge in [-0.1, -0.05) is 17.7 Å². The van der Waals surface area contributed by atoms with E-state index in [1.54, 1.807) is 6.33 Å². The molecular weight excluding hydrogens is 364 g/mol. The first-order chi connectivity index (χ1) is 12.9. The van der Waals surface area contributed by atoms with Gasteiger partial charge in [0.1, 0.15) is 0 Å². The lowest BCUT2D eigenvalue weighted by molar-refractivity contribution is 0.298. The second-order valence-corrected chi connectivity index (χ2v) is 7.37. The molecule has 0 radical (unpaired) electrons. The van der Waals surface area contributed by atoms with E-state index in [0.717, 1.165) is 11.3 Å². The van der Waals surface area contributed by atoms with Gasteiger partial charge in [-0.3, -0.25) is 0 Å². The standard InChI is InChI=1S/C19H25ClN6O/c1-12(2)25(8-9-27)19-23-17(22-15-7-5-6-14(20)10-15)16-18(24-19)26(11-21-16)13(3)4/h5-7,10-13,27H,8-9H2,1-4H3,(H,22,23,24). The van der Waals surface area contributed by atoms with E-state index < -0.39 is 0 Å². The average molecular weight is 389 g/mol. The van der Waals surface area contributed by atoms with Crippen LogP contribution in [0.3, 0.4) is 0 Å². The lowest BCUT2D eigenvalue weighted by atomic mass is 10.3. The van der Waals surface area contributed by atoms with E-state index in [9.17, 15) is 5.11 Å². The number of hydrogen-bond donors (Lipinski definition) is 2. The van der Waals surface area contributed by atoms with E-state index in [2.05, 4.69) is 24.1 Å². The van der Waals surface area contributed by atoms with Gasteiger partial charge >= 0.3 is 0 Å². The third-order valence-corrected chi connectivity index (χ3v) is 4.51. The minimum absolute atomic E-state index is 0.0279. The SMILES string of the molecule is CC(C)N(CCO)c1nc(Nc2cccc(Cl)c2)c2ncn(C(C)C)c2n1. The Bertz CT molecular complexity index is 924. The zero-order chi connectivity index (χ0) is 19.6. The Kier molecular flexibility index (Phi) is 5.82. The lowest BCUT2D eigenvalue weighted by Gasteiger charge is -2.26. The van der Waals surface area contributed by atoms with Crippen LogP contribution in [0.15, 0.2) is 30.6 Å². The number of halogens is 1. The van der Waals surface area contributed by atoms with Crippen LogP contribution in [0.1, 0.15) is 33.7 Å². The number of aromatic nitrogens is 4. The van der Waals surface area contributed by atoms with Crippen LogP contribution < -0.4 is 10.2 Å². The van der Waals surface area contributed by atoms with Crippen LogP contribution in [0, 0.1) is 0 Å². The van der Waals surface area contributed by atoms with Crippen molar-refractivity contribution in [3.63, 3.8) is 0 Å². The molecule has 0 aliphatic rings. The molecule has 3 rings (SSSR count). The van der Waals surface area contributed by atoms with E-state index >= 15 is 0 Å². The summed E-state index contributed by atoms with van der Waals surface area (Å²) in [5, 5.41) is 13.4. The predicted octanol–water partition coefficient (Wildman–Crippen LogP) is 4.01. The molecule has 7 nitrogen and oxygen atoms in total. The largest absolute Gasteiger partial charge is 0.395 e. The summed E-state index contributed by atoms with van der Waals surface area (Å²) in [6.45, 7) is 8.75. The Hall–Kier alpha value is -2.38. The first-order valence-electron chi connectivity index (χ1n) is 9.05. The number of fused-ring (bicyclic) bond motifs is 1. The number of imidazole rings is 1. The van der Waals surface area contributed by atoms with Crippen molar-refractivity contribution >= 4 is 40.2 Å². The van der Waals surface area contributed by atoms with Crippen LogP contribution in [0.4, 0.5) is 17.5 Å². The molecule has 0 unspecified atom stereocenters. The molecule has 2 heterocycles. The lowest BCUT2D eigenvalue weighted by Crippen LogP contribution is -2.35. The molecule has 2 aromatic heterocycles. The summed E-state index contributed by atoms with van der Waals surface area (Å²) in [6, 6.07) is 7.81. The Morgan fingerprint density at radius 2 is 2.00 bits per heavy atom. The quantitative estimate of drug-likeness (QED) is 0.636. The van der Waals surface area contributed by atoms with Crippen molar-refractivity contribution in [1.29, 1.82) is 0 Å². The van der Waals surface area contributed by atoms with Gasteiger partial charge in [0, 0.05) is 29.3 Å². The number of nitrogens with one attached hydrogen (secondary N) is 1. The topological polar surface area (TPSA) is 79.1 Å². The van der Waals surface area contributed by atoms with E-state index in [0.29, 0.717) is 28.9 Å². The van der Waals surface area contributed by atoms with E-state index in [-0.39, 0.29) is 18.7 Å². The molecule has 0 saturated carbocycles. The average Bonchev–Trinajstić information content (AvgIpc) is 3.04. The Morgan fingerprint density at radius 3 is 2.63 bits per heavy atom. The van der Waals surface area contributed by atoms with Gasteiger partial charge in [0.2, 0.25) is 5.95 Å². The van der Waals surface area contributed by atoms with Gasteiger partial charge in [-0.2, -0.15) is 9.97 Å². The number of aliphatic hydroxyl groups is 1. The molecule has 0 aliphatic heterocycles. The zero-order valence-corrected chi connectivity index (χ0v) is 16.8. The molecular formula is C19H25ClN6O. The van der Waals surface area contributed by atoms with Gasteiger partial charge in [0.15, 0.2) is 17.0 Å². The highest BCUT2D eigenvalue weighted by atomic mass is 35.5. The van der Waals surface area contributed by atoms with Crippen LogP contribution in [0.25, 0.3) is 11.2 Å². The van der Waals surface area contributed by atoms with Crippen LogP contribution >= 0.6 is 11.6 Å². The van der Waals surface area contributed by atoms with Gasteiger partial charge in [0.25, 0.3) is 0 Å². The molecule has 0 atom stereocenters. The summed E-state index contributed by atoms with van der Waals surface area (Å²) in [5.74, 6) is 1.17. The molecule has 0 spiro atoms. The predicted molar refractivity (Wildman–Crippen MR) is 110 cm³/mol. The third kappa shape index (κ3) is 4.14. The molecule has 3 aromatic rings. The van der Waals surface area contributed by atoms with Crippen molar-refractivity contribution < 1.29 is 5.11 Å². The van der Waals surface area contributed by atoms with Crippen LogP contribution in [-0.4, -0.2) is 43.8 Å². The summed E-state index contributed by atoms with van der Waals surface area (Å²) in [5.41, 5.74) is 2.27. The number of nitrogens with zero attached hydrogens (tertiary/aromatic N) is 5. The van der Waals surface area contributed by atoms with Crippen molar-refractivity contribution in [1.82, 2.24) is 19.5 Å². The molecule has 0 fully saturated rings.